The minimum absolute atomic E-state index is 0. The lowest BCUT2D eigenvalue weighted by Crippen LogP contribution is -2.40. The number of benzene rings is 1. The van der Waals surface area contributed by atoms with Crippen molar-refractivity contribution in [3.05, 3.63) is 29.8 Å². The van der Waals surface area contributed by atoms with Crippen molar-refractivity contribution < 1.29 is 8.42 Å². The van der Waals surface area contributed by atoms with Crippen molar-refractivity contribution in [2.45, 2.75) is 26.2 Å². The largest absolute Gasteiger partial charge is 0.370 e. The first-order valence-corrected chi connectivity index (χ1v) is 11.4. The van der Waals surface area contributed by atoms with E-state index in [9.17, 15) is 8.42 Å². The topological polar surface area (TPSA) is 87.8 Å². The standard InChI is InChI=1S/C17H28N4O2S2.HI/c1-3-14(2)15-4-6-16(7-5-15)20-17(18)19-8-13-25(22,23)21-9-11-24-12-10-21;/h4-7,14H,3,8-13H2,1-2H3,(H3,18,19,20);1H. The van der Waals surface area contributed by atoms with E-state index in [1.54, 1.807) is 16.1 Å². The van der Waals surface area contributed by atoms with Crippen molar-refractivity contribution in [2.24, 2.45) is 10.7 Å². The molecule has 2 rings (SSSR count). The second-order valence-corrected chi connectivity index (χ2v) is 9.46. The molecule has 1 aliphatic heterocycles. The van der Waals surface area contributed by atoms with Gasteiger partial charge in [-0.2, -0.15) is 11.8 Å². The summed E-state index contributed by atoms with van der Waals surface area (Å²) in [7, 11) is -3.24. The lowest BCUT2D eigenvalue weighted by Gasteiger charge is -2.25. The molecule has 0 amide bonds. The van der Waals surface area contributed by atoms with Crippen molar-refractivity contribution in [3.63, 3.8) is 0 Å². The van der Waals surface area contributed by atoms with Crippen LogP contribution in [0.4, 0.5) is 5.69 Å². The second kappa shape index (κ2) is 11.4. The Morgan fingerprint density at radius 3 is 2.50 bits per heavy atom. The van der Waals surface area contributed by atoms with Crippen LogP contribution in [0.25, 0.3) is 0 Å². The lowest BCUT2D eigenvalue weighted by atomic mass is 9.99. The first-order valence-electron chi connectivity index (χ1n) is 8.65. The summed E-state index contributed by atoms with van der Waals surface area (Å²) in [4.78, 5) is 4.15. The maximum atomic E-state index is 12.2. The maximum absolute atomic E-state index is 12.2. The molecule has 0 spiro atoms. The number of nitrogens with two attached hydrogens (primary N) is 1. The molecule has 1 aliphatic rings. The molecule has 9 heteroatoms. The quantitative estimate of drug-likeness (QED) is 0.333. The highest BCUT2D eigenvalue weighted by atomic mass is 127. The van der Waals surface area contributed by atoms with E-state index in [1.807, 2.05) is 12.1 Å². The predicted molar refractivity (Wildman–Crippen MR) is 123 cm³/mol. The zero-order valence-electron chi connectivity index (χ0n) is 15.3. The van der Waals surface area contributed by atoms with Crippen molar-refractivity contribution in [3.8, 4) is 0 Å². The third kappa shape index (κ3) is 7.24. The van der Waals surface area contributed by atoms with Crippen LogP contribution in [0.5, 0.6) is 0 Å². The van der Waals surface area contributed by atoms with Crippen LogP contribution in [-0.2, 0) is 10.0 Å². The predicted octanol–water partition coefficient (Wildman–Crippen LogP) is 2.92. The van der Waals surface area contributed by atoms with Crippen LogP contribution in [-0.4, -0.2) is 55.6 Å². The number of sulfonamides is 1. The Hall–Kier alpha value is -0.520. The maximum Gasteiger partial charge on any atom is 0.215 e. The SMILES string of the molecule is CCC(C)c1ccc(NC(N)=NCCS(=O)(=O)N2CCSCC2)cc1.I. The van der Waals surface area contributed by atoms with E-state index in [-0.39, 0.29) is 42.2 Å². The van der Waals surface area contributed by atoms with Crippen LogP contribution < -0.4 is 11.1 Å². The van der Waals surface area contributed by atoms with Crippen LogP contribution in [0.3, 0.4) is 0 Å². The van der Waals surface area contributed by atoms with E-state index >= 15 is 0 Å². The summed E-state index contributed by atoms with van der Waals surface area (Å²) >= 11 is 1.79. The highest BCUT2D eigenvalue weighted by Crippen LogP contribution is 2.20. The van der Waals surface area contributed by atoms with Gasteiger partial charge in [-0.15, -0.1) is 24.0 Å². The molecular weight excluding hydrogens is 483 g/mol. The molecule has 26 heavy (non-hydrogen) atoms. The van der Waals surface area contributed by atoms with Crippen molar-refractivity contribution in [2.75, 3.05) is 42.2 Å². The Kier molecular flexibility index (Phi) is 10.3. The van der Waals surface area contributed by atoms with Gasteiger partial charge in [0.2, 0.25) is 10.0 Å². The summed E-state index contributed by atoms with van der Waals surface area (Å²) in [5.74, 6) is 2.48. The van der Waals surface area contributed by atoms with Gasteiger partial charge in [0.25, 0.3) is 0 Å². The second-order valence-electron chi connectivity index (χ2n) is 6.15. The van der Waals surface area contributed by atoms with Gasteiger partial charge in [-0.3, -0.25) is 4.99 Å². The molecular formula is C17H29IN4O2S2. The summed E-state index contributed by atoms with van der Waals surface area (Å²) in [6.07, 6.45) is 1.10. The molecule has 0 radical (unpaired) electrons. The van der Waals surface area contributed by atoms with E-state index in [0.29, 0.717) is 19.0 Å². The Morgan fingerprint density at radius 2 is 1.92 bits per heavy atom. The Morgan fingerprint density at radius 1 is 1.31 bits per heavy atom. The van der Waals surface area contributed by atoms with E-state index in [4.69, 9.17) is 5.73 Å². The lowest BCUT2D eigenvalue weighted by molar-refractivity contribution is 0.444. The molecule has 1 saturated heterocycles. The van der Waals surface area contributed by atoms with Crippen molar-refractivity contribution >= 4 is 57.4 Å². The van der Waals surface area contributed by atoms with Crippen LogP contribution in [0, 0.1) is 0 Å². The molecule has 3 N–H and O–H groups in total. The molecule has 1 atom stereocenters. The average Bonchev–Trinajstić information content (AvgIpc) is 2.62. The molecule has 6 nitrogen and oxygen atoms in total. The van der Waals surface area contributed by atoms with Gasteiger partial charge < -0.3 is 11.1 Å². The first kappa shape index (κ1) is 23.5. The number of aliphatic imine (C=N–C) groups is 1. The van der Waals surface area contributed by atoms with Gasteiger partial charge >= 0.3 is 0 Å². The van der Waals surface area contributed by atoms with Gasteiger partial charge in [0.05, 0.1) is 12.3 Å². The van der Waals surface area contributed by atoms with E-state index in [1.165, 1.54) is 5.56 Å². The number of hydrogen-bond donors (Lipinski definition) is 2. The van der Waals surface area contributed by atoms with Gasteiger partial charge in [0.15, 0.2) is 5.96 Å². The molecule has 0 aromatic heterocycles. The monoisotopic (exact) mass is 512 g/mol. The number of halogens is 1. The highest BCUT2D eigenvalue weighted by Gasteiger charge is 2.23. The minimum Gasteiger partial charge on any atom is -0.370 e. The van der Waals surface area contributed by atoms with Crippen molar-refractivity contribution in [1.82, 2.24) is 4.31 Å². The Bertz CT molecular complexity index is 675. The van der Waals surface area contributed by atoms with Crippen LogP contribution >= 0.6 is 35.7 Å². The molecule has 148 valence electrons. The van der Waals surface area contributed by atoms with Gasteiger partial charge in [0.1, 0.15) is 0 Å². The number of nitrogens with one attached hydrogen (secondary N) is 1. The van der Waals surface area contributed by atoms with Gasteiger partial charge in [-0.25, -0.2) is 12.7 Å². The first-order chi connectivity index (χ1) is 11.9. The number of thioether (sulfide) groups is 1. The Labute approximate surface area is 178 Å². The molecule has 0 aliphatic carbocycles. The summed E-state index contributed by atoms with van der Waals surface area (Å²) in [5.41, 5.74) is 8.00. The number of rotatable bonds is 7. The number of anilines is 1. The molecule has 1 heterocycles. The molecule has 1 aromatic carbocycles. The van der Waals surface area contributed by atoms with Crippen LogP contribution in [0.2, 0.25) is 0 Å². The minimum atomic E-state index is -3.24. The van der Waals surface area contributed by atoms with Gasteiger partial charge in [-0.1, -0.05) is 26.0 Å². The van der Waals surface area contributed by atoms with Crippen molar-refractivity contribution in [1.29, 1.82) is 0 Å². The highest BCUT2D eigenvalue weighted by molar-refractivity contribution is 14.0. The fourth-order valence-electron chi connectivity index (χ4n) is 2.55. The Balaban J connectivity index is 0.00000338. The fourth-order valence-corrected chi connectivity index (χ4v) is 5.01. The van der Waals surface area contributed by atoms with Crippen LogP contribution in [0.15, 0.2) is 29.3 Å². The fraction of sp³-hybridized carbons (Fsp3) is 0.588. The third-order valence-electron chi connectivity index (χ3n) is 4.36. The molecule has 1 unspecified atom stereocenters. The van der Waals surface area contributed by atoms with E-state index in [2.05, 4.69) is 36.3 Å². The van der Waals surface area contributed by atoms with Gasteiger partial charge in [0, 0.05) is 30.3 Å². The normalized spacial score (nSPS) is 17.4. The zero-order valence-corrected chi connectivity index (χ0v) is 19.3. The smallest absolute Gasteiger partial charge is 0.215 e. The molecule has 0 bridgehead atoms. The number of hydrogen-bond acceptors (Lipinski definition) is 4. The molecule has 1 fully saturated rings. The number of nitrogens with zero attached hydrogens (tertiary/aromatic N) is 2. The van der Waals surface area contributed by atoms with Gasteiger partial charge in [-0.05, 0) is 30.0 Å². The molecule has 1 aromatic rings. The molecule has 0 saturated carbocycles. The van der Waals surface area contributed by atoms with Crippen LogP contribution in [0.1, 0.15) is 31.7 Å². The third-order valence-corrected chi connectivity index (χ3v) is 7.15. The summed E-state index contributed by atoms with van der Waals surface area (Å²) in [6, 6.07) is 8.07. The van der Waals surface area contributed by atoms with E-state index < -0.39 is 10.0 Å². The number of guanidine groups is 1. The summed E-state index contributed by atoms with van der Waals surface area (Å²) in [6.45, 7) is 5.70. The summed E-state index contributed by atoms with van der Waals surface area (Å²) in [5, 5.41) is 3.01. The summed E-state index contributed by atoms with van der Waals surface area (Å²) < 4.78 is 26.0. The van der Waals surface area contributed by atoms with E-state index in [0.717, 1.165) is 23.6 Å². The average molecular weight is 512 g/mol. The zero-order chi connectivity index (χ0) is 18.3.